The van der Waals surface area contributed by atoms with Crippen LogP contribution in [0.1, 0.15) is 47.6 Å². The van der Waals surface area contributed by atoms with Crippen molar-refractivity contribution in [3.8, 4) is 0 Å². The predicted octanol–water partition coefficient (Wildman–Crippen LogP) is 3.75. The summed E-state index contributed by atoms with van der Waals surface area (Å²) in [5.41, 5.74) is 1.41. The summed E-state index contributed by atoms with van der Waals surface area (Å²) in [5, 5.41) is 3.98. The van der Waals surface area contributed by atoms with Gasteiger partial charge in [-0.25, -0.2) is 8.42 Å². The Kier molecular flexibility index (Phi) is 9.33. The first-order chi connectivity index (χ1) is 17.0. The molecule has 2 heterocycles. The maximum atomic E-state index is 13.2. The van der Waals surface area contributed by atoms with Crippen molar-refractivity contribution < 1.29 is 17.9 Å². The van der Waals surface area contributed by atoms with Crippen molar-refractivity contribution in [2.45, 2.75) is 36.6 Å². The topological polar surface area (TPSA) is 79.0 Å². The number of hydrogen-bond acceptors (Lipinski definition) is 6. The Morgan fingerprint density at radius 2 is 1.69 bits per heavy atom. The minimum atomic E-state index is -3.60. The van der Waals surface area contributed by atoms with Crippen LogP contribution in [0.4, 0.5) is 0 Å². The van der Waals surface area contributed by atoms with Gasteiger partial charge in [-0.05, 0) is 36.6 Å². The van der Waals surface area contributed by atoms with Gasteiger partial charge in [-0.3, -0.25) is 9.69 Å². The Morgan fingerprint density at radius 3 is 2.40 bits per heavy atom. The van der Waals surface area contributed by atoms with Crippen LogP contribution < -0.4 is 5.32 Å². The second-order valence-electron chi connectivity index (χ2n) is 9.09. The van der Waals surface area contributed by atoms with Crippen LogP contribution in [-0.4, -0.2) is 75.9 Å². The number of carbonyl (C=O) groups excluding carboxylic acids is 1. The van der Waals surface area contributed by atoms with Gasteiger partial charge >= 0.3 is 0 Å². The molecule has 4 rings (SSSR count). The molecule has 0 spiro atoms. The van der Waals surface area contributed by atoms with E-state index in [4.69, 9.17) is 16.3 Å². The van der Waals surface area contributed by atoms with Gasteiger partial charge in [-0.1, -0.05) is 54.8 Å². The first-order valence-corrected chi connectivity index (χ1v) is 14.2. The van der Waals surface area contributed by atoms with E-state index in [1.165, 1.54) is 6.07 Å². The smallest absolute Gasteiger partial charge is 0.243 e. The lowest BCUT2D eigenvalue weighted by molar-refractivity contribution is 0.0162. The third kappa shape index (κ3) is 6.70. The average molecular weight is 520 g/mol. The molecule has 0 aliphatic carbocycles. The van der Waals surface area contributed by atoms with Crippen LogP contribution in [-0.2, 0) is 14.8 Å². The minimum Gasteiger partial charge on any atom is -0.379 e. The van der Waals surface area contributed by atoms with E-state index in [9.17, 15) is 13.2 Å². The largest absolute Gasteiger partial charge is 0.379 e. The minimum absolute atomic E-state index is 0.00940. The Morgan fingerprint density at radius 1 is 0.971 bits per heavy atom. The zero-order chi connectivity index (χ0) is 24.7. The van der Waals surface area contributed by atoms with Gasteiger partial charge in [-0.2, -0.15) is 4.31 Å². The number of morpholine rings is 1. The number of ether oxygens (including phenoxy) is 1. The molecule has 0 saturated carbocycles. The first kappa shape index (κ1) is 26.3. The van der Waals surface area contributed by atoms with Crippen LogP contribution in [0.2, 0.25) is 5.02 Å². The Bertz CT molecular complexity index is 1100. The van der Waals surface area contributed by atoms with Gasteiger partial charge in [0, 0.05) is 49.4 Å². The predicted molar refractivity (Wildman–Crippen MR) is 137 cm³/mol. The molecule has 2 aliphatic rings. The Balaban J connectivity index is 1.42. The molecule has 0 radical (unpaired) electrons. The third-order valence-electron chi connectivity index (χ3n) is 6.73. The summed E-state index contributed by atoms with van der Waals surface area (Å²) >= 11 is 6.50. The molecule has 0 bridgehead atoms. The highest BCUT2D eigenvalue weighted by molar-refractivity contribution is 7.89. The quantitative estimate of drug-likeness (QED) is 0.508. The Labute approximate surface area is 213 Å². The normalized spacial score (nSPS) is 19.2. The highest BCUT2D eigenvalue weighted by Gasteiger charge is 2.27. The molecule has 0 amide bonds. The van der Waals surface area contributed by atoms with Crippen molar-refractivity contribution in [1.29, 1.82) is 0 Å². The molecule has 1 unspecified atom stereocenters. The second-order valence-corrected chi connectivity index (χ2v) is 11.4. The van der Waals surface area contributed by atoms with Gasteiger partial charge < -0.3 is 10.1 Å². The molecule has 1 atom stereocenters. The summed E-state index contributed by atoms with van der Waals surface area (Å²) in [6.07, 6.45) is 3.85. The van der Waals surface area contributed by atoms with E-state index in [0.29, 0.717) is 43.4 Å². The standard InChI is InChI=1S/C26H34ClN3O4S/c27-24-11-4-3-10-23(24)25(29-14-16-34-17-15-29)19-28-20-26(31)21-8-7-9-22(18-21)35(32,33)30-12-5-1-2-6-13-30/h3-4,7-11,18,25,28H,1-2,5-6,12-17,19-20H2. The van der Waals surface area contributed by atoms with E-state index in [1.54, 1.807) is 22.5 Å². The number of carbonyl (C=O) groups is 1. The lowest BCUT2D eigenvalue weighted by atomic mass is 10.0. The number of Topliss-reactive ketones (excluding diaryl/α,β-unsaturated/α-hetero) is 1. The van der Waals surface area contributed by atoms with E-state index in [0.717, 1.165) is 44.3 Å². The molecular weight excluding hydrogens is 486 g/mol. The number of sulfonamides is 1. The van der Waals surface area contributed by atoms with Crippen LogP contribution >= 0.6 is 11.6 Å². The number of benzene rings is 2. The van der Waals surface area contributed by atoms with Crippen LogP contribution in [0, 0.1) is 0 Å². The summed E-state index contributed by atoms with van der Waals surface area (Å²) in [4.78, 5) is 15.5. The maximum Gasteiger partial charge on any atom is 0.243 e. The van der Waals surface area contributed by atoms with Crippen molar-refractivity contribution in [2.24, 2.45) is 0 Å². The van der Waals surface area contributed by atoms with Gasteiger partial charge in [0.25, 0.3) is 0 Å². The zero-order valence-electron chi connectivity index (χ0n) is 20.0. The SMILES string of the molecule is O=C(CNCC(c1ccccc1Cl)N1CCOCC1)c1cccc(S(=O)(=O)N2CCCCCC2)c1. The second kappa shape index (κ2) is 12.4. The van der Waals surface area contributed by atoms with E-state index in [1.807, 2.05) is 24.3 Å². The molecule has 0 aromatic heterocycles. The van der Waals surface area contributed by atoms with Crippen molar-refractivity contribution in [3.63, 3.8) is 0 Å². The lowest BCUT2D eigenvalue weighted by Gasteiger charge is -2.35. The lowest BCUT2D eigenvalue weighted by Crippen LogP contribution is -2.43. The molecule has 2 aromatic carbocycles. The first-order valence-electron chi connectivity index (χ1n) is 12.4. The van der Waals surface area contributed by atoms with E-state index in [-0.39, 0.29) is 23.3 Å². The molecule has 2 aromatic rings. The molecule has 7 nitrogen and oxygen atoms in total. The molecule has 190 valence electrons. The summed E-state index contributed by atoms with van der Waals surface area (Å²) in [6.45, 7) is 4.64. The fourth-order valence-electron chi connectivity index (χ4n) is 4.76. The molecule has 2 fully saturated rings. The number of halogens is 1. The highest BCUT2D eigenvalue weighted by atomic mass is 35.5. The van der Waals surface area contributed by atoms with Gasteiger partial charge in [0.2, 0.25) is 10.0 Å². The van der Waals surface area contributed by atoms with Gasteiger partial charge in [0.1, 0.15) is 0 Å². The zero-order valence-corrected chi connectivity index (χ0v) is 21.6. The monoisotopic (exact) mass is 519 g/mol. The number of nitrogens with one attached hydrogen (secondary N) is 1. The summed E-state index contributed by atoms with van der Waals surface area (Å²) in [7, 11) is -3.60. The van der Waals surface area contributed by atoms with Gasteiger partial charge in [-0.15, -0.1) is 0 Å². The molecule has 2 saturated heterocycles. The summed E-state index contributed by atoms with van der Waals surface area (Å²) in [6, 6.07) is 14.2. The molecule has 1 N–H and O–H groups in total. The van der Waals surface area contributed by atoms with Gasteiger partial charge in [0.05, 0.1) is 24.7 Å². The summed E-state index contributed by atoms with van der Waals surface area (Å²) < 4.78 is 33.4. The third-order valence-corrected chi connectivity index (χ3v) is 8.97. The molecule has 9 heteroatoms. The van der Waals surface area contributed by atoms with E-state index < -0.39 is 10.0 Å². The van der Waals surface area contributed by atoms with Crippen molar-refractivity contribution in [2.75, 3.05) is 52.5 Å². The van der Waals surface area contributed by atoms with Crippen LogP contribution in [0.3, 0.4) is 0 Å². The van der Waals surface area contributed by atoms with Crippen molar-refractivity contribution >= 4 is 27.4 Å². The fraction of sp³-hybridized carbons (Fsp3) is 0.500. The Hall–Kier alpha value is -1.81. The number of ketones is 1. The average Bonchev–Trinajstić information content (AvgIpc) is 3.18. The van der Waals surface area contributed by atoms with Crippen molar-refractivity contribution in [1.82, 2.24) is 14.5 Å². The van der Waals surface area contributed by atoms with E-state index >= 15 is 0 Å². The number of rotatable bonds is 9. The van der Waals surface area contributed by atoms with E-state index in [2.05, 4.69) is 10.2 Å². The number of hydrogen-bond donors (Lipinski definition) is 1. The summed E-state index contributed by atoms with van der Waals surface area (Å²) in [5.74, 6) is -0.141. The molecular formula is C26H34ClN3O4S. The van der Waals surface area contributed by atoms with Crippen LogP contribution in [0.15, 0.2) is 53.4 Å². The number of nitrogens with zero attached hydrogens (tertiary/aromatic N) is 2. The van der Waals surface area contributed by atoms with Crippen LogP contribution in [0.5, 0.6) is 0 Å². The molecule has 35 heavy (non-hydrogen) atoms. The molecule has 2 aliphatic heterocycles. The van der Waals surface area contributed by atoms with Gasteiger partial charge in [0.15, 0.2) is 5.78 Å². The fourth-order valence-corrected chi connectivity index (χ4v) is 6.58. The maximum absolute atomic E-state index is 13.2. The van der Waals surface area contributed by atoms with Crippen molar-refractivity contribution in [3.05, 3.63) is 64.7 Å². The highest BCUT2D eigenvalue weighted by Crippen LogP contribution is 2.28. The van der Waals surface area contributed by atoms with Crippen LogP contribution in [0.25, 0.3) is 0 Å².